The second-order valence-electron chi connectivity index (χ2n) is 5.07. The Bertz CT molecular complexity index is 658. The fourth-order valence-electron chi connectivity index (χ4n) is 2.49. The fraction of sp³-hybridized carbons (Fsp3) is 0.333. The second-order valence-corrected chi connectivity index (χ2v) is 6.02. The molecular formula is C15H17N3O2S. The van der Waals surface area contributed by atoms with Crippen LogP contribution in [0.25, 0.3) is 0 Å². The van der Waals surface area contributed by atoms with Crippen LogP contribution < -0.4 is 5.56 Å². The zero-order chi connectivity index (χ0) is 14.7. The minimum Gasteiger partial charge on any atom is -0.335 e. The molecule has 1 aliphatic heterocycles. The number of aromatic amines is 1. The number of H-pyrrole nitrogens is 1. The van der Waals surface area contributed by atoms with Crippen molar-refractivity contribution in [2.75, 3.05) is 26.2 Å². The predicted octanol–water partition coefficient (Wildman–Crippen LogP) is 1.39. The Hall–Kier alpha value is -1.92. The maximum Gasteiger partial charge on any atom is 0.264 e. The summed E-state index contributed by atoms with van der Waals surface area (Å²) in [6.45, 7) is 3.65. The Kier molecular flexibility index (Phi) is 4.17. The molecule has 0 unspecified atom stereocenters. The quantitative estimate of drug-likeness (QED) is 0.932. The summed E-state index contributed by atoms with van der Waals surface area (Å²) in [4.78, 5) is 31.5. The topological polar surface area (TPSA) is 56.4 Å². The van der Waals surface area contributed by atoms with Gasteiger partial charge in [-0.1, -0.05) is 12.1 Å². The summed E-state index contributed by atoms with van der Waals surface area (Å²) in [6.07, 6.45) is 1.64. The molecule has 1 N–H and O–H groups in total. The van der Waals surface area contributed by atoms with Crippen LogP contribution in [0.1, 0.15) is 15.2 Å². The van der Waals surface area contributed by atoms with Crippen molar-refractivity contribution >= 4 is 17.2 Å². The zero-order valence-corrected chi connectivity index (χ0v) is 12.4. The summed E-state index contributed by atoms with van der Waals surface area (Å²) in [5, 5.41) is 1.92. The number of pyridine rings is 1. The molecule has 0 radical (unpaired) electrons. The lowest BCUT2D eigenvalue weighted by atomic mass is 10.2. The first-order valence-electron chi connectivity index (χ1n) is 6.96. The molecule has 2 aromatic rings. The van der Waals surface area contributed by atoms with Crippen molar-refractivity contribution < 1.29 is 4.79 Å². The van der Waals surface area contributed by atoms with Gasteiger partial charge in [-0.15, -0.1) is 11.3 Å². The molecular weight excluding hydrogens is 286 g/mol. The summed E-state index contributed by atoms with van der Waals surface area (Å²) in [5.41, 5.74) is 0.741. The van der Waals surface area contributed by atoms with Gasteiger partial charge in [-0.05, 0) is 17.5 Å². The van der Waals surface area contributed by atoms with Crippen molar-refractivity contribution in [1.29, 1.82) is 0 Å². The molecule has 0 aliphatic carbocycles. The van der Waals surface area contributed by atoms with E-state index < -0.39 is 0 Å². The van der Waals surface area contributed by atoms with Crippen LogP contribution in [0.15, 0.2) is 40.6 Å². The van der Waals surface area contributed by atoms with Gasteiger partial charge in [0.05, 0.1) is 4.88 Å². The maximum absolute atomic E-state index is 12.2. The Morgan fingerprint density at radius 3 is 2.67 bits per heavy atom. The van der Waals surface area contributed by atoms with Crippen LogP contribution in [-0.2, 0) is 6.54 Å². The van der Waals surface area contributed by atoms with Gasteiger partial charge in [0, 0.05) is 44.5 Å². The van der Waals surface area contributed by atoms with E-state index in [0.717, 1.165) is 23.5 Å². The molecule has 0 bridgehead atoms. The monoisotopic (exact) mass is 303 g/mol. The lowest BCUT2D eigenvalue weighted by Crippen LogP contribution is -2.48. The van der Waals surface area contributed by atoms with E-state index in [0.29, 0.717) is 19.6 Å². The Morgan fingerprint density at radius 1 is 1.19 bits per heavy atom. The number of hydrogen-bond acceptors (Lipinski definition) is 4. The first-order chi connectivity index (χ1) is 10.2. The van der Waals surface area contributed by atoms with Crippen molar-refractivity contribution in [2.45, 2.75) is 6.54 Å². The number of thiophene rings is 1. The number of amides is 1. The van der Waals surface area contributed by atoms with Crippen LogP contribution >= 0.6 is 11.3 Å². The number of carbonyl (C=O) groups excluding carboxylic acids is 1. The summed E-state index contributed by atoms with van der Waals surface area (Å²) in [7, 11) is 0. The molecule has 2 aromatic heterocycles. The van der Waals surface area contributed by atoms with Gasteiger partial charge in [0.15, 0.2) is 0 Å². The molecule has 0 saturated carbocycles. The van der Waals surface area contributed by atoms with E-state index in [1.165, 1.54) is 11.3 Å². The van der Waals surface area contributed by atoms with Crippen LogP contribution in [0.2, 0.25) is 0 Å². The molecule has 5 nitrogen and oxygen atoms in total. The van der Waals surface area contributed by atoms with Gasteiger partial charge in [0.1, 0.15) is 0 Å². The van der Waals surface area contributed by atoms with Crippen LogP contribution in [-0.4, -0.2) is 46.9 Å². The van der Waals surface area contributed by atoms with Gasteiger partial charge in [0.25, 0.3) is 11.5 Å². The van der Waals surface area contributed by atoms with Gasteiger partial charge in [-0.3, -0.25) is 14.5 Å². The fourth-order valence-corrected chi connectivity index (χ4v) is 3.18. The highest BCUT2D eigenvalue weighted by molar-refractivity contribution is 7.12. The molecule has 3 heterocycles. The van der Waals surface area contributed by atoms with Crippen molar-refractivity contribution in [1.82, 2.24) is 14.8 Å². The highest BCUT2D eigenvalue weighted by atomic mass is 32.1. The maximum atomic E-state index is 12.2. The molecule has 110 valence electrons. The van der Waals surface area contributed by atoms with Gasteiger partial charge in [0.2, 0.25) is 0 Å². The van der Waals surface area contributed by atoms with Crippen LogP contribution in [0.4, 0.5) is 0 Å². The Balaban J connectivity index is 1.57. The van der Waals surface area contributed by atoms with Gasteiger partial charge in [-0.25, -0.2) is 0 Å². The highest BCUT2D eigenvalue weighted by Crippen LogP contribution is 2.14. The van der Waals surface area contributed by atoms with Gasteiger partial charge < -0.3 is 9.88 Å². The number of hydrogen-bond donors (Lipinski definition) is 1. The normalized spacial score (nSPS) is 16.1. The van der Waals surface area contributed by atoms with E-state index in [4.69, 9.17) is 0 Å². The summed E-state index contributed by atoms with van der Waals surface area (Å²) < 4.78 is 0. The SMILES string of the molecule is O=C(c1cccs1)N1CCN(Cc2ccc[nH]c2=O)CC1. The third-order valence-electron chi connectivity index (χ3n) is 3.69. The van der Waals surface area contributed by atoms with Crippen molar-refractivity contribution in [3.8, 4) is 0 Å². The molecule has 21 heavy (non-hydrogen) atoms. The summed E-state index contributed by atoms with van der Waals surface area (Å²) in [6, 6.07) is 7.45. The summed E-state index contributed by atoms with van der Waals surface area (Å²) in [5.74, 6) is 0.113. The number of aromatic nitrogens is 1. The molecule has 1 saturated heterocycles. The van der Waals surface area contributed by atoms with E-state index in [9.17, 15) is 9.59 Å². The third-order valence-corrected chi connectivity index (χ3v) is 4.54. The van der Waals surface area contributed by atoms with Crippen LogP contribution in [0.5, 0.6) is 0 Å². The average molecular weight is 303 g/mol. The first kappa shape index (κ1) is 14.0. The van der Waals surface area contributed by atoms with Crippen molar-refractivity contribution in [2.24, 2.45) is 0 Å². The number of nitrogens with zero attached hydrogens (tertiary/aromatic N) is 2. The molecule has 3 rings (SSSR count). The lowest BCUT2D eigenvalue weighted by molar-refractivity contribution is 0.0632. The van der Waals surface area contributed by atoms with E-state index in [1.807, 2.05) is 34.5 Å². The van der Waals surface area contributed by atoms with E-state index in [2.05, 4.69) is 9.88 Å². The summed E-state index contributed by atoms with van der Waals surface area (Å²) >= 11 is 1.48. The molecule has 1 aliphatic rings. The van der Waals surface area contributed by atoms with Gasteiger partial charge in [-0.2, -0.15) is 0 Å². The predicted molar refractivity (Wildman–Crippen MR) is 82.6 cm³/mol. The lowest BCUT2D eigenvalue weighted by Gasteiger charge is -2.34. The second kappa shape index (κ2) is 6.24. The van der Waals surface area contributed by atoms with Crippen LogP contribution in [0, 0.1) is 0 Å². The first-order valence-corrected chi connectivity index (χ1v) is 7.84. The van der Waals surface area contributed by atoms with Crippen LogP contribution in [0.3, 0.4) is 0 Å². The Morgan fingerprint density at radius 2 is 2.00 bits per heavy atom. The molecule has 6 heteroatoms. The third kappa shape index (κ3) is 3.22. The molecule has 1 amide bonds. The molecule has 0 spiro atoms. The van der Waals surface area contributed by atoms with Crippen molar-refractivity contribution in [3.63, 3.8) is 0 Å². The minimum atomic E-state index is -0.0328. The Labute approximate surface area is 126 Å². The molecule has 0 atom stereocenters. The highest BCUT2D eigenvalue weighted by Gasteiger charge is 2.22. The van der Waals surface area contributed by atoms with E-state index in [-0.39, 0.29) is 11.5 Å². The number of carbonyl (C=O) groups is 1. The number of rotatable bonds is 3. The van der Waals surface area contributed by atoms with Gasteiger partial charge >= 0.3 is 0 Å². The van der Waals surface area contributed by atoms with E-state index >= 15 is 0 Å². The largest absolute Gasteiger partial charge is 0.335 e. The van der Waals surface area contributed by atoms with Crippen molar-refractivity contribution in [3.05, 3.63) is 56.6 Å². The zero-order valence-electron chi connectivity index (χ0n) is 11.6. The average Bonchev–Trinajstić information content (AvgIpc) is 3.04. The standard InChI is InChI=1S/C15H17N3O2S/c19-14-12(3-1-5-16-14)11-17-6-8-18(9-7-17)15(20)13-4-2-10-21-13/h1-5,10H,6-9,11H2,(H,16,19). The number of piperazine rings is 1. The number of nitrogens with one attached hydrogen (secondary N) is 1. The molecule has 0 aromatic carbocycles. The molecule has 1 fully saturated rings. The van der Waals surface area contributed by atoms with E-state index in [1.54, 1.807) is 6.20 Å². The smallest absolute Gasteiger partial charge is 0.264 e. The minimum absolute atomic E-state index is 0.0328.